The fraction of sp³-hybridized carbons (Fsp3) is 0.474. The summed E-state index contributed by atoms with van der Waals surface area (Å²) in [6.07, 6.45) is 2.44. The van der Waals surface area contributed by atoms with Crippen molar-refractivity contribution in [3.8, 4) is 0 Å². The minimum Gasteiger partial charge on any atom is -0.354 e. The summed E-state index contributed by atoms with van der Waals surface area (Å²) in [6.45, 7) is 9.16. The Hall–Kier alpha value is -2.17. The van der Waals surface area contributed by atoms with Gasteiger partial charge in [-0.15, -0.1) is 0 Å². The highest BCUT2D eigenvalue weighted by Crippen LogP contribution is 2.64. The molecule has 1 N–H and O–H groups in total. The Morgan fingerprint density at radius 3 is 2.54 bits per heavy atom. The zero-order valence-corrected chi connectivity index (χ0v) is 14.7. The number of imidazole rings is 1. The molecular weight excluding hydrogens is 305 g/mol. The second-order valence-corrected chi connectivity index (χ2v) is 7.31. The van der Waals surface area contributed by atoms with E-state index in [1.165, 1.54) is 6.07 Å². The van der Waals surface area contributed by atoms with Gasteiger partial charge in [-0.2, -0.15) is 0 Å². The molecule has 1 aliphatic rings. The Kier molecular flexibility index (Phi) is 3.98. The van der Waals surface area contributed by atoms with Crippen molar-refractivity contribution in [3.05, 3.63) is 53.4 Å². The fourth-order valence-electron chi connectivity index (χ4n) is 3.61. The van der Waals surface area contributed by atoms with Crippen molar-refractivity contribution in [2.45, 2.75) is 46.1 Å². The largest absolute Gasteiger partial charge is 0.354 e. The van der Waals surface area contributed by atoms with E-state index in [2.05, 4.69) is 10.3 Å². The highest BCUT2D eigenvalue weighted by atomic mass is 19.1. The monoisotopic (exact) mass is 329 g/mol. The molecule has 1 fully saturated rings. The number of carbonyl (C=O) groups is 1. The van der Waals surface area contributed by atoms with Crippen LogP contribution in [0.2, 0.25) is 0 Å². The van der Waals surface area contributed by atoms with Crippen LogP contribution in [0, 0.1) is 25.1 Å². The van der Waals surface area contributed by atoms with E-state index < -0.39 is 5.41 Å². The summed E-state index contributed by atoms with van der Waals surface area (Å²) in [5.74, 6) is -0.397. The van der Waals surface area contributed by atoms with Crippen LogP contribution in [0.3, 0.4) is 0 Å². The van der Waals surface area contributed by atoms with Crippen molar-refractivity contribution in [2.75, 3.05) is 6.54 Å². The van der Waals surface area contributed by atoms with Crippen LogP contribution in [0.4, 0.5) is 4.39 Å². The van der Waals surface area contributed by atoms with Gasteiger partial charge < -0.3 is 9.88 Å². The highest BCUT2D eigenvalue weighted by Gasteiger charge is 2.67. The summed E-state index contributed by atoms with van der Waals surface area (Å²) in [5, 5.41) is 3.00. The van der Waals surface area contributed by atoms with Gasteiger partial charge in [0.15, 0.2) is 0 Å². The summed E-state index contributed by atoms with van der Waals surface area (Å²) < 4.78 is 16.3. The Morgan fingerprint density at radius 2 is 2.00 bits per heavy atom. The number of amides is 1. The van der Waals surface area contributed by atoms with Gasteiger partial charge >= 0.3 is 0 Å². The number of halogens is 1. The van der Waals surface area contributed by atoms with Gasteiger partial charge in [-0.05, 0) is 31.7 Å². The SMILES string of the molecule is Cc1ncn(CCNC(=O)C2(c3ccccc3F)CC2(C)C)c1C. The van der Waals surface area contributed by atoms with E-state index in [9.17, 15) is 9.18 Å². The molecule has 1 heterocycles. The summed E-state index contributed by atoms with van der Waals surface area (Å²) >= 11 is 0. The first kappa shape index (κ1) is 16.7. The minimum atomic E-state index is -0.766. The quantitative estimate of drug-likeness (QED) is 0.916. The van der Waals surface area contributed by atoms with Crippen LogP contribution in [0.5, 0.6) is 0 Å². The maximum absolute atomic E-state index is 14.3. The van der Waals surface area contributed by atoms with Crippen LogP contribution in [-0.4, -0.2) is 22.0 Å². The van der Waals surface area contributed by atoms with Crippen molar-refractivity contribution >= 4 is 5.91 Å². The van der Waals surface area contributed by atoms with E-state index in [-0.39, 0.29) is 17.1 Å². The number of hydrogen-bond acceptors (Lipinski definition) is 2. The van der Waals surface area contributed by atoms with Crippen molar-refractivity contribution in [3.63, 3.8) is 0 Å². The lowest BCUT2D eigenvalue weighted by atomic mass is 9.86. The molecular formula is C19H24FN3O. The van der Waals surface area contributed by atoms with Gasteiger partial charge in [0.25, 0.3) is 0 Å². The molecule has 24 heavy (non-hydrogen) atoms. The van der Waals surface area contributed by atoms with Crippen LogP contribution in [0.15, 0.2) is 30.6 Å². The predicted molar refractivity (Wildman–Crippen MR) is 91.2 cm³/mol. The van der Waals surface area contributed by atoms with Gasteiger partial charge in [0.2, 0.25) is 5.91 Å². The van der Waals surface area contributed by atoms with Gasteiger partial charge in [-0.3, -0.25) is 4.79 Å². The molecule has 0 saturated heterocycles. The lowest BCUT2D eigenvalue weighted by Crippen LogP contribution is -2.39. The van der Waals surface area contributed by atoms with Gasteiger partial charge in [0.05, 0.1) is 17.4 Å². The first-order chi connectivity index (χ1) is 11.3. The minimum absolute atomic E-state index is 0.0907. The van der Waals surface area contributed by atoms with Gasteiger partial charge in [-0.25, -0.2) is 9.37 Å². The lowest BCUT2D eigenvalue weighted by Gasteiger charge is -2.21. The van der Waals surface area contributed by atoms with E-state index in [0.29, 0.717) is 25.1 Å². The molecule has 3 rings (SSSR count). The summed E-state index contributed by atoms with van der Waals surface area (Å²) in [5.41, 5.74) is 1.59. The standard InChI is InChI=1S/C19H24FN3O/c1-13-14(2)23(12-22-13)10-9-21-17(24)19(11-18(19,3)4)15-7-5-6-8-16(15)20/h5-8,12H,9-11H2,1-4H3,(H,21,24). The third-order valence-electron chi connectivity index (χ3n) is 5.44. The zero-order valence-electron chi connectivity index (χ0n) is 14.7. The number of rotatable bonds is 5. The molecule has 1 atom stereocenters. The molecule has 4 nitrogen and oxygen atoms in total. The number of aromatic nitrogens is 2. The van der Waals surface area contributed by atoms with Crippen molar-refractivity contribution in [1.82, 2.24) is 14.9 Å². The number of benzene rings is 1. The van der Waals surface area contributed by atoms with Crippen LogP contribution >= 0.6 is 0 Å². The van der Waals surface area contributed by atoms with Crippen LogP contribution < -0.4 is 5.32 Å². The maximum Gasteiger partial charge on any atom is 0.231 e. The van der Waals surface area contributed by atoms with Gasteiger partial charge in [0, 0.05) is 24.3 Å². The molecule has 0 radical (unpaired) electrons. The normalized spacial score (nSPS) is 21.5. The van der Waals surface area contributed by atoms with Crippen LogP contribution in [0.25, 0.3) is 0 Å². The number of nitrogens with one attached hydrogen (secondary N) is 1. The number of carbonyl (C=O) groups excluding carboxylic acids is 1. The highest BCUT2D eigenvalue weighted by molar-refractivity contribution is 5.93. The molecule has 1 aromatic heterocycles. The topological polar surface area (TPSA) is 46.9 Å². The Bertz CT molecular complexity index is 781. The average Bonchev–Trinajstić information content (AvgIpc) is 2.99. The molecule has 0 spiro atoms. The maximum atomic E-state index is 14.3. The summed E-state index contributed by atoms with van der Waals surface area (Å²) in [6, 6.07) is 6.60. The molecule has 1 saturated carbocycles. The Labute approximate surface area is 142 Å². The van der Waals surface area contributed by atoms with E-state index in [0.717, 1.165) is 11.4 Å². The second kappa shape index (κ2) is 5.72. The molecule has 2 aromatic rings. The fourth-order valence-corrected chi connectivity index (χ4v) is 3.61. The van der Waals surface area contributed by atoms with Gasteiger partial charge in [-0.1, -0.05) is 32.0 Å². The summed E-state index contributed by atoms with van der Waals surface area (Å²) in [4.78, 5) is 17.1. The molecule has 1 aliphatic carbocycles. The number of aryl methyl sites for hydroxylation is 1. The lowest BCUT2D eigenvalue weighted by molar-refractivity contribution is -0.124. The average molecular weight is 329 g/mol. The molecule has 1 unspecified atom stereocenters. The van der Waals surface area contributed by atoms with E-state index in [4.69, 9.17) is 0 Å². The zero-order chi connectivity index (χ0) is 17.5. The molecule has 1 amide bonds. The molecule has 0 bridgehead atoms. The van der Waals surface area contributed by atoms with E-state index in [1.54, 1.807) is 24.5 Å². The Balaban J connectivity index is 1.73. The number of nitrogens with zero attached hydrogens (tertiary/aromatic N) is 2. The first-order valence-electron chi connectivity index (χ1n) is 8.31. The molecule has 1 aromatic carbocycles. The van der Waals surface area contributed by atoms with Crippen LogP contribution in [-0.2, 0) is 16.8 Å². The van der Waals surface area contributed by atoms with Crippen molar-refractivity contribution < 1.29 is 9.18 Å². The van der Waals surface area contributed by atoms with Gasteiger partial charge in [0.1, 0.15) is 5.82 Å². The molecule has 5 heteroatoms. The third-order valence-corrected chi connectivity index (χ3v) is 5.44. The Morgan fingerprint density at radius 1 is 1.33 bits per heavy atom. The van der Waals surface area contributed by atoms with Crippen molar-refractivity contribution in [1.29, 1.82) is 0 Å². The summed E-state index contributed by atoms with van der Waals surface area (Å²) in [7, 11) is 0. The molecule has 0 aliphatic heterocycles. The van der Waals surface area contributed by atoms with E-state index >= 15 is 0 Å². The predicted octanol–water partition coefficient (Wildman–Crippen LogP) is 3.12. The smallest absolute Gasteiger partial charge is 0.231 e. The number of hydrogen-bond donors (Lipinski definition) is 1. The first-order valence-corrected chi connectivity index (χ1v) is 8.31. The van der Waals surface area contributed by atoms with Crippen LogP contribution in [0.1, 0.15) is 37.2 Å². The van der Waals surface area contributed by atoms with Crippen molar-refractivity contribution in [2.24, 2.45) is 5.41 Å². The molecule has 128 valence electrons. The second-order valence-electron chi connectivity index (χ2n) is 7.31. The van der Waals surface area contributed by atoms with E-state index in [1.807, 2.05) is 32.3 Å². The third kappa shape index (κ3) is 2.52.